The second-order valence-electron chi connectivity index (χ2n) is 5.16. The number of ether oxygens (including phenoxy) is 2. The standard InChI is InChI=1S/C18H14F2N2O3S/c1-24-15-5-3-4-11(16(15)25-2)17(23)22-18-21-14(9-26-18)10-6-7-12(19)13(20)8-10/h3-9H,1-2H3,(H,21,22,23). The lowest BCUT2D eigenvalue weighted by Crippen LogP contribution is -2.13. The highest BCUT2D eigenvalue weighted by atomic mass is 32.1. The lowest BCUT2D eigenvalue weighted by molar-refractivity contribution is 0.102. The first-order chi connectivity index (χ1) is 12.5. The van der Waals surface area contributed by atoms with E-state index in [2.05, 4.69) is 10.3 Å². The molecule has 0 saturated heterocycles. The highest BCUT2D eigenvalue weighted by Crippen LogP contribution is 2.32. The van der Waals surface area contributed by atoms with E-state index in [1.165, 1.54) is 31.6 Å². The van der Waals surface area contributed by atoms with Gasteiger partial charge >= 0.3 is 0 Å². The zero-order valence-electron chi connectivity index (χ0n) is 13.9. The van der Waals surface area contributed by atoms with Crippen LogP contribution in [0.2, 0.25) is 0 Å². The van der Waals surface area contributed by atoms with Crippen LogP contribution in [0.4, 0.5) is 13.9 Å². The van der Waals surface area contributed by atoms with Crippen LogP contribution in [0.25, 0.3) is 11.3 Å². The number of hydrogen-bond acceptors (Lipinski definition) is 5. The number of thiazole rings is 1. The number of benzene rings is 2. The number of nitrogens with zero attached hydrogens (tertiary/aromatic N) is 1. The molecule has 1 heterocycles. The Bertz CT molecular complexity index is 959. The minimum absolute atomic E-state index is 0.288. The molecule has 1 aromatic heterocycles. The molecule has 0 bridgehead atoms. The van der Waals surface area contributed by atoms with E-state index < -0.39 is 17.5 Å². The van der Waals surface area contributed by atoms with Gasteiger partial charge in [-0.15, -0.1) is 11.3 Å². The first-order valence-corrected chi connectivity index (χ1v) is 8.34. The Hall–Kier alpha value is -3.00. The van der Waals surface area contributed by atoms with Crippen molar-refractivity contribution in [3.63, 3.8) is 0 Å². The van der Waals surface area contributed by atoms with E-state index in [1.807, 2.05) is 0 Å². The van der Waals surface area contributed by atoms with Crippen molar-refractivity contribution in [1.29, 1.82) is 0 Å². The highest BCUT2D eigenvalue weighted by molar-refractivity contribution is 7.14. The van der Waals surface area contributed by atoms with Crippen LogP contribution >= 0.6 is 11.3 Å². The predicted octanol–water partition coefficient (Wildman–Crippen LogP) is 4.36. The molecule has 8 heteroatoms. The summed E-state index contributed by atoms with van der Waals surface area (Å²) in [6, 6.07) is 8.46. The molecule has 0 fully saturated rings. The zero-order valence-corrected chi connectivity index (χ0v) is 14.7. The fourth-order valence-corrected chi connectivity index (χ4v) is 3.06. The number of para-hydroxylation sites is 1. The van der Waals surface area contributed by atoms with Gasteiger partial charge in [-0.25, -0.2) is 13.8 Å². The van der Waals surface area contributed by atoms with E-state index in [9.17, 15) is 13.6 Å². The van der Waals surface area contributed by atoms with Crippen LogP contribution in [0.15, 0.2) is 41.8 Å². The molecule has 26 heavy (non-hydrogen) atoms. The van der Waals surface area contributed by atoms with Gasteiger partial charge < -0.3 is 9.47 Å². The monoisotopic (exact) mass is 376 g/mol. The Kier molecular flexibility index (Phi) is 5.13. The minimum Gasteiger partial charge on any atom is -0.493 e. The van der Waals surface area contributed by atoms with Gasteiger partial charge in [-0.05, 0) is 30.3 Å². The molecule has 3 rings (SSSR count). The van der Waals surface area contributed by atoms with E-state index in [1.54, 1.807) is 23.6 Å². The van der Waals surface area contributed by atoms with Crippen molar-refractivity contribution in [2.75, 3.05) is 19.5 Å². The third-order valence-electron chi connectivity index (χ3n) is 3.59. The molecule has 2 aromatic carbocycles. The molecule has 3 aromatic rings. The third kappa shape index (κ3) is 3.50. The van der Waals surface area contributed by atoms with Gasteiger partial charge in [-0.3, -0.25) is 10.1 Å². The molecule has 0 aliphatic rings. The predicted molar refractivity (Wildman–Crippen MR) is 95.0 cm³/mol. The van der Waals surface area contributed by atoms with Crippen molar-refractivity contribution in [2.24, 2.45) is 0 Å². The second kappa shape index (κ2) is 7.49. The minimum atomic E-state index is -0.956. The SMILES string of the molecule is COc1cccc(C(=O)Nc2nc(-c3ccc(F)c(F)c3)cs2)c1OC. The largest absolute Gasteiger partial charge is 0.493 e. The number of hydrogen-bond donors (Lipinski definition) is 1. The summed E-state index contributed by atoms with van der Waals surface area (Å²) in [6.07, 6.45) is 0. The van der Waals surface area contributed by atoms with Crippen molar-refractivity contribution in [3.8, 4) is 22.8 Å². The Morgan fingerprint density at radius 1 is 1.12 bits per heavy atom. The van der Waals surface area contributed by atoms with E-state index in [-0.39, 0.29) is 5.56 Å². The number of aromatic nitrogens is 1. The van der Waals surface area contributed by atoms with Gasteiger partial charge in [-0.1, -0.05) is 6.07 Å². The molecule has 0 saturated carbocycles. The molecule has 0 aliphatic heterocycles. The number of carbonyl (C=O) groups is 1. The molecule has 0 spiro atoms. The maximum atomic E-state index is 13.4. The quantitative estimate of drug-likeness (QED) is 0.719. The number of nitrogens with one attached hydrogen (secondary N) is 1. The van der Waals surface area contributed by atoms with Gasteiger partial charge in [-0.2, -0.15) is 0 Å². The zero-order chi connectivity index (χ0) is 18.7. The summed E-state index contributed by atoms with van der Waals surface area (Å²) in [5.41, 5.74) is 1.14. The van der Waals surface area contributed by atoms with Crippen molar-refractivity contribution >= 4 is 22.4 Å². The number of anilines is 1. The van der Waals surface area contributed by atoms with Crippen LogP contribution in [0.1, 0.15) is 10.4 Å². The molecule has 1 N–H and O–H groups in total. The number of methoxy groups -OCH3 is 2. The van der Waals surface area contributed by atoms with Gasteiger partial charge in [0.15, 0.2) is 28.3 Å². The average Bonchev–Trinajstić information content (AvgIpc) is 3.11. The summed E-state index contributed by atoms with van der Waals surface area (Å²) in [5.74, 6) is -1.57. The molecule has 1 amide bonds. The van der Waals surface area contributed by atoms with Gasteiger partial charge in [0.1, 0.15) is 0 Å². The van der Waals surface area contributed by atoms with Crippen molar-refractivity contribution in [3.05, 3.63) is 59.0 Å². The first kappa shape index (κ1) is 17.8. The lowest BCUT2D eigenvalue weighted by Gasteiger charge is -2.11. The lowest BCUT2D eigenvalue weighted by atomic mass is 10.1. The number of rotatable bonds is 5. The number of halogens is 2. The van der Waals surface area contributed by atoms with Crippen LogP contribution in [-0.4, -0.2) is 25.1 Å². The molecule has 0 radical (unpaired) electrons. The van der Waals surface area contributed by atoms with E-state index in [0.29, 0.717) is 27.9 Å². The Labute approximate surface area is 152 Å². The average molecular weight is 376 g/mol. The highest BCUT2D eigenvalue weighted by Gasteiger charge is 2.18. The molecular formula is C18H14F2N2O3S. The molecular weight excluding hydrogens is 362 g/mol. The van der Waals surface area contributed by atoms with Gasteiger partial charge in [0.05, 0.1) is 25.5 Å². The molecule has 0 aliphatic carbocycles. The van der Waals surface area contributed by atoms with Crippen LogP contribution in [0, 0.1) is 11.6 Å². The molecule has 5 nitrogen and oxygen atoms in total. The van der Waals surface area contributed by atoms with Crippen LogP contribution < -0.4 is 14.8 Å². The molecule has 134 valence electrons. The molecule has 0 unspecified atom stereocenters. The summed E-state index contributed by atoms with van der Waals surface area (Å²) in [7, 11) is 2.92. The van der Waals surface area contributed by atoms with E-state index >= 15 is 0 Å². The van der Waals surface area contributed by atoms with Gasteiger partial charge in [0.2, 0.25) is 0 Å². The fourth-order valence-electron chi connectivity index (χ4n) is 2.35. The summed E-state index contributed by atoms with van der Waals surface area (Å²) in [5, 5.41) is 4.63. The topological polar surface area (TPSA) is 60.5 Å². The summed E-state index contributed by atoms with van der Waals surface area (Å²) in [6.45, 7) is 0. The van der Waals surface area contributed by atoms with Crippen molar-refractivity contribution in [1.82, 2.24) is 4.98 Å². The van der Waals surface area contributed by atoms with Crippen LogP contribution in [0.5, 0.6) is 11.5 Å². The van der Waals surface area contributed by atoms with E-state index in [4.69, 9.17) is 9.47 Å². The van der Waals surface area contributed by atoms with Crippen LogP contribution in [-0.2, 0) is 0 Å². The molecule has 0 atom stereocenters. The summed E-state index contributed by atoms with van der Waals surface area (Å²) >= 11 is 1.17. The van der Waals surface area contributed by atoms with Crippen molar-refractivity contribution in [2.45, 2.75) is 0 Å². The smallest absolute Gasteiger partial charge is 0.261 e. The normalized spacial score (nSPS) is 10.5. The van der Waals surface area contributed by atoms with Gasteiger partial charge in [0.25, 0.3) is 5.91 Å². The number of carbonyl (C=O) groups excluding carboxylic acids is 1. The van der Waals surface area contributed by atoms with E-state index in [0.717, 1.165) is 12.1 Å². The third-order valence-corrected chi connectivity index (χ3v) is 4.35. The summed E-state index contributed by atoms with van der Waals surface area (Å²) in [4.78, 5) is 16.8. The first-order valence-electron chi connectivity index (χ1n) is 7.46. The van der Waals surface area contributed by atoms with Crippen LogP contribution in [0.3, 0.4) is 0 Å². The maximum Gasteiger partial charge on any atom is 0.261 e. The van der Waals surface area contributed by atoms with Gasteiger partial charge in [0, 0.05) is 10.9 Å². The fraction of sp³-hybridized carbons (Fsp3) is 0.111. The Morgan fingerprint density at radius 2 is 1.92 bits per heavy atom. The summed E-state index contributed by atoms with van der Waals surface area (Å²) < 4.78 is 36.8. The second-order valence-corrected chi connectivity index (χ2v) is 6.02. The Balaban J connectivity index is 1.83. The maximum absolute atomic E-state index is 13.4. The Morgan fingerprint density at radius 3 is 2.62 bits per heavy atom. The van der Waals surface area contributed by atoms with Crippen molar-refractivity contribution < 1.29 is 23.0 Å². The number of amides is 1.